The maximum atomic E-state index is 11.5. The molecule has 1 aromatic rings. The first-order valence-electron chi connectivity index (χ1n) is 4.81. The van der Waals surface area contributed by atoms with E-state index in [4.69, 9.17) is 4.74 Å². The van der Waals surface area contributed by atoms with E-state index in [1.807, 2.05) is 22.6 Å². The molecule has 0 unspecified atom stereocenters. The molecule has 0 spiro atoms. The number of ether oxygens (including phenoxy) is 1. The molecule has 82 valence electrons. The average Bonchev–Trinajstić information content (AvgIpc) is 2.25. The molecule has 0 aromatic carbocycles. The summed E-state index contributed by atoms with van der Waals surface area (Å²) in [7, 11) is 0. The number of rotatable bonds is 1. The number of aromatic nitrogens is 2. The van der Waals surface area contributed by atoms with Gasteiger partial charge in [0.1, 0.15) is 6.23 Å². The molecule has 0 radical (unpaired) electrons. The summed E-state index contributed by atoms with van der Waals surface area (Å²) >= 11 is 1.90. The second-order valence-corrected chi connectivity index (χ2v) is 4.63. The lowest BCUT2D eigenvalue weighted by Crippen LogP contribution is -2.35. The van der Waals surface area contributed by atoms with E-state index in [1.165, 1.54) is 4.57 Å². The summed E-state index contributed by atoms with van der Waals surface area (Å²) in [5.41, 5.74) is -0.736. The van der Waals surface area contributed by atoms with Gasteiger partial charge >= 0.3 is 5.69 Å². The number of hydrogen-bond acceptors (Lipinski definition) is 3. The third-order valence-corrected chi connectivity index (χ3v) is 3.16. The molecule has 0 aliphatic carbocycles. The van der Waals surface area contributed by atoms with Crippen molar-refractivity contribution in [2.75, 3.05) is 6.61 Å². The van der Waals surface area contributed by atoms with Crippen LogP contribution < -0.4 is 11.2 Å². The molecule has 0 bridgehead atoms. The molecule has 15 heavy (non-hydrogen) atoms. The van der Waals surface area contributed by atoms with Crippen LogP contribution in [-0.4, -0.2) is 16.2 Å². The highest BCUT2D eigenvalue weighted by molar-refractivity contribution is 14.1. The van der Waals surface area contributed by atoms with Gasteiger partial charge in [-0.1, -0.05) is 0 Å². The number of nitrogens with zero attached hydrogens (tertiary/aromatic N) is 1. The van der Waals surface area contributed by atoms with Gasteiger partial charge in [0, 0.05) is 12.8 Å². The van der Waals surface area contributed by atoms with Crippen LogP contribution in [0, 0.1) is 3.57 Å². The number of aromatic amines is 1. The first-order valence-corrected chi connectivity index (χ1v) is 5.89. The summed E-state index contributed by atoms with van der Waals surface area (Å²) in [6.45, 7) is 0.673. The highest BCUT2D eigenvalue weighted by Crippen LogP contribution is 2.20. The molecule has 1 aliphatic rings. The standard InChI is InChI=1S/C9H11IN2O3/c10-6-5-12(9(14)11-8(6)13)7-3-1-2-4-15-7/h5,7H,1-4H2,(H,11,13,14)/t7-/m0/s1. The van der Waals surface area contributed by atoms with Crippen LogP contribution in [0.2, 0.25) is 0 Å². The second kappa shape index (κ2) is 4.48. The summed E-state index contributed by atoms with van der Waals surface area (Å²) in [4.78, 5) is 24.9. The molecular weight excluding hydrogens is 311 g/mol. The third kappa shape index (κ3) is 2.31. The Morgan fingerprint density at radius 3 is 2.93 bits per heavy atom. The van der Waals surface area contributed by atoms with E-state index >= 15 is 0 Å². The van der Waals surface area contributed by atoms with Crippen LogP contribution in [0.5, 0.6) is 0 Å². The zero-order valence-electron chi connectivity index (χ0n) is 8.03. The molecule has 5 nitrogen and oxygen atoms in total. The summed E-state index contributed by atoms with van der Waals surface area (Å²) in [5.74, 6) is 0. The summed E-state index contributed by atoms with van der Waals surface area (Å²) in [6, 6.07) is 0. The van der Waals surface area contributed by atoms with Crippen molar-refractivity contribution in [3.8, 4) is 0 Å². The number of hydrogen-bond donors (Lipinski definition) is 1. The predicted molar refractivity (Wildman–Crippen MR) is 62.9 cm³/mol. The van der Waals surface area contributed by atoms with Gasteiger partial charge in [0.15, 0.2) is 0 Å². The van der Waals surface area contributed by atoms with Crippen LogP contribution in [0.3, 0.4) is 0 Å². The third-order valence-electron chi connectivity index (χ3n) is 2.39. The van der Waals surface area contributed by atoms with Gasteiger partial charge in [-0.25, -0.2) is 4.79 Å². The average molecular weight is 322 g/mol. The minimum atomic E-state index is -0.396. The van der Waals surface area contributed by atoms with Crippen molar-refractivity contribution >= 4 is 22.6 Å². The van der Waals surface area contributed by atoms with E-state index in [2.05, 4.69) is 4.98 Å². The van der Waals surface area contributed by atoms with Crippen molar-refractivity contribution in [1.82, 2.24) is 9.55 Å². The van der Waals surface area contributed by atoms with E-state index in [0.29, 0.717) is 10.2 Å². The Balaban J connectivity index is 2.39. The number of H-pyrrole nitrogens is 1. The molecule has 2 heterocycles. The van der Waals surface area contributed by atoms with Crippen molar-refractivity contribution < 1.29 is 4.74 Å². The Morgan fingerprint density at radius 2 is 2.27 bits per heavy atom. The monoisotopic (exact) mass is 322 g/mol. The molecular formula is C9H11IN2O3. The van der Waals surface area contributed by atoms with Gasteiger partial charge in [0.25, 0.3) is 5.56 Å². The summed E-state index contributed by atoms with van der Waals surface area (Å²) in [6.07, 6.45) is 4.23. The lowest BCUT2D eigenvalue weighted by atomic mass is 10.2. The van der Waals surface area contributed by atoms with Crippen molar-refractivity contribution in [3.05, 3.63) is 30.6 Å². The van der Waals surface area contributed by atoms with Crippen molar-refractivity contribution in [2.45, 2.75) is 25.5 Å². The van der Waals surface area contributed by atoms with E-state index in [0.717, 1.165) is 19.3 Å². The maximum Gasteiger partial charge on any atom is 0.330 e. The van der Waals surface area contributed by atoms with Crippen LogP contribution in [-0.2, 0) is 4.74 Å². The molecule has 1 aromatic heterocycles. The van der Waals surface area contributed by atoms with Crippen LogP contribution in [0.1, 0.15) is 25.5 Å². The Hall–Kier alpha value is -0.630. The van der Waals surface area contributed by atoms with Gasteiger partial charge in [0.2, 0.25) is 0 Å². The van der Waals surface area contributed by atoms with E-state index in [-0.39, 0.29) is 11.8 Å². The molecule has 1 atom stereocenters. The van der Waals surface area contributed by atoms with E-state index < -0.39 is 5.69 Å². The highest BCUT2D eigenvalue weighted by Gasteiger charge is 2.17. The molecule has 2 rings (SSSR count). The van der Waals surface area contributed by atoms with Crippen LogP contribution in [0.4, 0.5) is 0 Å². The highest BCUT2D eigenvalue weighted by atomic mass is 127. The molecule has 0 amide bonds. The maximum absolute atomic E-state index is 11.5. The normalized spacial score (nSPS) is 21.5. The van der Waals surface area contributed by atoms with Crippen LogP contribution >= 0.6 is 22.6 Å². The van der Waals surface area contributed by atoms with Gasteiger partial charge in [-0.05, 0) is 41.9 Å². The second-order valence-electron chi connectivity index (χ2n) is 3.46. The molecule has 1 aliphatic heterocycles. The smallest absolute Gasteiger partial charge is 0.330 e. The van der Waals surface area contributed by atoms with Crippen molar-refractivity contribution in [2.24, 2.45) is 0 Å². The molecule has 6 heteroatoms. The first kappa shape index (κ1) is 10.9. The predicted octanol–water partition coefficient (Wildman–Crippen LogP) is 0.840. The summed E-state index contributed by atoms with van der Waals surface area (Å²) in [5, 5.41) is 0. The SMILES string of the molecule is O=c1[nH]c(=O)n([C@@H]2CCCCO2)cc1I. The largest absolute Gasteiger partial charge is 0.358 e. The number of halogens is 1. The minimum Gasteiger partial charge on any atom is -0.358 e. The topological polar surface area (TPSA) is 64.1 Å². The van der Waals surface area contributed by atoms with Gasteiger partial charge in [-0.2, -0.15) is 0 Å². The first-order chi connectivity index (χ1) is 7.18. The lowest BCUT2D eigenvalue weighted by molar-refractivity contribution is -0.0350. The van der Waals surface area contributed by atoms with E-state index in [9.17, 15) is 9.59 Å². The molecule has 0 saturated carbocycles. The quantitative estimate of drug-likeness (QED) is 0.780. The van der Waals surface area contributed by atoms with Crippen LogP contribution in [0.25, 0.3) is 0 Å². The Bertz CT molecular complexity index is 459. The minimum absolute atomic E-state index is 0.225. The lowest BCUT2D eigenvalue weighted by Gasteiger charge is -2.24. The van der Waals surface area contributed by atoms with Gasteiger partial charge in [-0.3, -0.25) is 14.3 Å². The molecule has 1 N–H and O–H groups in total. The fourth-order valence-electron chi connectivity index (χ4n) is 1.62. The van der Waals surface area contributed by atoms with Gasteiger partial charge in [0.05, 0.1) is 3.57 Å². The fourth-order valence-corrected chi connectivity index (χ4v) is 2.05. The van der Waals surface area contributed by atoms with E-state index in [1.54, 1.807) is 6.20 Å². The zero-order valence-corrected chi connectivity index (χ0v) is 10.2. The van der Waals surface area contributed by atoms with Gasteiger partial charge < -0.3 is 4.74 Å². The fraction of sp³-hybridized carbons (Fsp3) is 0.556. The molecule has 1 fully saturated rings. The molecule has 1 saturated heterocycles. The zero-order chi connectivity index (χ0) is 10.8. The van der Waals surface area contributed by atoms with Crippen molar-refractivity contribution in [1.29, 1.82) is 0 Å². The van der Waals surface area contributed by atoms with Crippen LogP contribution in [0.15, 0.2) is 15.8 Å². The Labute approximate surface area is 99.6 Å². The Kier molecular flexibility index (Phi) is 3.25. The van der Waals surface area contributed by atoms with Gasteiger partial charge in [-0.15, -0.1) is 0 Å². The number of nitrogens with one attached hydrogen (secondary N) is 1. The van der Waals surface area contributed by atoms with Crippen molar-refractivity contribution in [3.63, 3.8) is 0 Å². The summed E-state index contributed by atoms with van der Waals surface area (Å²) < 4.78 is 7.44. The Morgan fingerprint density at radius 1 is 1.47 bits per heavy atom.